The third-order valence-corrected chi connectivity index (χ3v) is 9.38. The van der Waals surface area contributed by atoms with Crippen LogP contribution in [0.25, 0.3) is 0 Å². The van der Waals surface area contributed by atoms with Crippen LogP contribution in [0.4, 0.5) is 0 Å². The molecule has 4 amide bonds. The highest BCUT2D eigenvalue weighted by Gasteiger charge is 2.46. The van der Waals surface area contributed by atoms with Crippen molar-refractivity contribution < 1.29 is 50.0 Å². The summed E-state index contributed by atoms with van der Waals surface area (Å²) in [7, 11) is -8.57. The lowest BCUT2D eigenvalue weighted by Gasteiger charge is -2.27. The average molecular weight is 609 g/mol. The fourth-order valence-electron chi connectivity index (χ4n) is 4.72. The van der Waals surface area contributed by atoms with E-state index in [2.05, 4.69) is 5.32 Å². The van der Waals surface area contributed by atoms with E-state index in [1.165, 1.54) is 24.3 Å². The lowest BCUT2D eigenvalue weighted by Crippen LogP contribution is -2.54. The van der Waals surface area contributed by atoms with E-state index in [9.17, 15) is 40.6 Å². The van der Waals surface area contributed by atoms with Crippen LogP contribution in [-0.4, -0.2) is 81.5 Å². The molecule has 41 heavy (non-hydrogen) atoms. The van der Waals surface area contributed by atoms with Crippen molar-refractivity contribution in [2.45, 2.75) is 48.6 Å². The second kappa shape index (κ2) is 11.8. The van der Waals surface area contributed by atoms with Crippen molar-refractivity contribution in [1.29, 1.82) is 0 Å². The molecule has 2 unspecified atom stereocenters. The maximum atomic E-state index is 13.2. The third-order valence-electron chi connectivity index (χ3n) is 6.74. The van der Waals surface area contributed by atoms with Crippen LogP contribution >= 0.6 is 0 Å². The molecule has 1 saturated heterocycles. The van der Waals surface area contributed by atoms with Gasteiger partial charge in [-0.05, 0) is 38.5 Å². The number of carbonyl (C=O) groups excluding carboxylic acids is 4. The SMILES string of the molecule is Cc1ccc(S(=O)(=O)O)c(C(C)OCCOCCS(=O)(=O)c2cccc3c2C(=O)N(C2CCC(=O)NC2=O)C3=O)c1. The highest BCUT2D eigenvalue weighted by Crippen LogP contribution is 2.32. The Bertz CT molecular complexity index is 1630. The molecule has 0 aliphatic carbocycles. The quantitative estimate of drug-likeness (QED) is 0.212. The second-order valence-electron chi connectivity index (χ2n) is 9.59. The van der Waals surface area contributed by atoms with Gasteiger partial charge < -0.3 is 9.47 Å². The Morgan fingerprint density at radius 3 is 2.41 bits per heavy atom. The van der Waals surface area contributed by atoms with Crippen molar-refractivity contribution in [3.63, 3.8) is 0 Å². The molecule has 220 valence electrons. The zero-order valence-corrected chi connectivity index (χ0v) is 23.8. The molecule has 2 heterocycles. The summed E-state index contributed by atoms with van der Waals surface area (Å²) in [6.45, 7) is 3.02. The molecule has 0 saturated carbocycles. The van der Waals surface area contributed by atoms with Crippen LogP contribution in [0.15, 0.2) is 46.2 Å². The molecule has 2 aromatic rings. The van der Waals surface area contributed by atoms with Gasteiger partial charge in [-0.2, -0.15) is 8.42 Å². The van der Waals surface area contributed by atoms with E-state index >= 15 is 0 Å². The van der Waals surface area contributed by atoms with Crippen LogP contribution < -0.4 is 5.32 Å². The van der Waals surface area contributed by atoms with Crippen LogP contribution in [-0.2, 0) is 39.0 Å². The molecule has 0 spiro atoms. The predicted octanol–water partition coefficient (Wildman–Crippen LogP) is 1.21. The lowest BCUT2D eigenvalue weighted by molar-refractivity contribution is -0.136. The normalized spacial score (nSPS) is 18.4. The minimum atomic E-state index is -4.46. The van der Waals surface area contributed by atoms with Crippen molar-refractivity contribution in [1.82, 2.24) is 10.2 Å². The van der Waals surface area contributed by atoms with Gasteiger partial charge in [-0.3, -0.25) is 33.9 Å². The van der Waals surface area contributed by atoms with Crippen LogP contribution in [0.2, 0.25) is 0 Å². The van der Waals surface area contributed by atoms with E-state index in [0.717, 1.165) is 5.56 Å². The lowest BCUT2D eigenvalue weighted by atomic mass is 10.0. The molecule has 13 nitrogen and oxygen atoms in total. The number of nitrogens with one attached hydrogen (secondary N) is 1. The van der Waals surface area contributed by atoms with Crippen molar-refractivity contribution in [2.24, 2.45) is 0 Å². The van der Waals surface area contributed by atoms with Gasteiger partial charge in [-0.1, -0.05) is 23.8 Å². The summed E-state index contributed by atoms with van der Waals surface area (Å²) in [4.78, 5) is 49.9. The number of piperidine rings is 1. The first-order chi connectivity index (χ1) is 19.2. The molecule has 0 aromatic heterocycles. The number of nitrogens with zero attached hydrogens (tertiary/aromatic N) is 1. The summed E-state index contributed by atoms with van der Waals surface area (Å²) in [5.74, 6) is -3.60. The summed E-state index contributed by atoms with van der Waals surface area (Å²) in [6, 6.07) is 7.00. The van der Waals surface area contributed by atoms with Crippen LogP contribution in [0.3, 0.4) is 0 Å². The smallest absolute Gasteiger partial charge is 0.294 e. The van der Waals surface area contributed by atoms with Crippen molar-refractivity contribution in [3.8, 4) is 0 Å². The van der Waals surface area contributed by atoms with Gasteiger partial charge in [-0.15, -0.1) is 0 Å². The number of ether oxygens (including phenoxy) is 2. The molecule has 2 aliphatic rings. The highest BCUT2D eigenvalue weighted by molar-refractivity contribution is 7.91. The van der Waals surface area contributed by atoms with Crippen molar-refractivity contribution in [2.75, 3.05) is 25.6 Å². The molecule has 2 atom stereocenters. The van der Waals surface area contributed by atoms with Gasteiger partial charge in [0, 0.05) is 12.0 Å². The standard InChI is InChI=1S/C26H28N2O11S2/c1-15-6-8-20(41(35,36)37)18(14-15)16(2)39-11-10-38-12-13-40(33,34)21-5-3-4-17-23(21)26(32)28(25(17)31)19-7-9-22(29)27-24(19)30/h3-6,8,14,16,19H,7,9-13H2,1-2H3,(H,27,29,30)(H,35,36,37). The van der Waals surface area contributed by atoms with Gasteiger partial charge in [0.15, 0.2) is 9.84 Å². The van der Waals surface area contributed by atoms with Gasteiger partial charge in [0.1, 0.15) is 6.04 Å². The number of hydrogen-bond acceptors (Lipinski definition) is 10. The number of imide groups is 2. The van der Waals surface area contributed by atoms with Gasteiger partial charge >= 0.3 is 0 Å². The van der Waals surface area contributed by atoms with E-state index in [0.29, 0.717) is 4.90 Å². The van der Waals surface area contributed by atoms with Crippen LogP contribution in [0.5, 0.6) is 0 Å². The summed E-state index contributed by atoms with van der Waals surface area (Å²) < 4.78 is 70.1. The zero-order valence-electron chi connectivity index (χ0n) is 22.2. The third kappa shape index (κ3) is 6.38. The maximum absolute atomic E-state index is 13.2. The number of amides is 4. The number of aryl methyl sites for hydroxylation is 1. The molecule has 0 bridgehead atoms. The Balaban J connectivity index is 1.36. The summed E-state index contributed by atoms with van der Waals surface area (Å²) >= 11 is 0. The van der Waals surface area contributed by atoms with E-state index in [-0.39, 0.29) is 59.1 Å². The first-order valence-electron chi connectivity index (χ1n) is 12.6. The minimum Gasteiger partial charge on any atom is -0.378 e. The maximum Gasteiger partial charge on any atom is 0.294 e. The zero-order chi connectivity index (χ0) is 30.1. The number of sulfone groups is 1. The number of hydrogen-bond donors (Lipinski definition) is 2. The van der Waals surface area contributed by atoms with E-state index in [4.69, 9.17) is 9.47 Å². The van der Waals surface area contributed by atoms with Crippen LogP contribution in [0, 0.1) is 6.92 Å². The van der Waals surface area contributed by atoms with Crippen molar-refractivity contribution in [3.05, 3.63) is 58.7 Å². The molecule has 1 fully saturated rings. The Morgan fingerprint density at radius 2 is 1.73 bits per heavy atom. The highest BCUT2D eigenvalue weighted by atomic mass is 32.2. The number of benzene rings is 2. The monoisotopic (exact) mass is 608 g/mol. The molecule has 15 heteroatoms. The Labute approximate surface area is 236 Å². The minimum absolute atomic E-state index is 0.0191. The van der Waals surface area contributed by atoms with E-state index in [1.807, 2.05) is 0 Å². The molecule has 2 aromatic carbocycles. The number of rotatable bonds is 11. The van der Waals surface area contributed by atoms with E-state index in [1.54, 1.807) is 26.0 Å². The molecule has 0 radical (unpaired) electrons. The fourth-order valence-corrected chi connectivity index (χ4v) is 6.83. The Hall–Kier alpha value is -3.50. The molecular formula is C26H28N2O11S2. The second-order valence-corrected chi connectivity index (χ2v) is 13.1. The molecular weight excluding hydrogens is 580 g/mol. The summed E-state index contributed by atoms with van der Waals surface area (Å²) in [5.41, 5.74) is 0.548. The fraction of sp³-hybridized carbons (Fsp3) is 0.385. The number of fused-ring (bicyclic) bond motifs is 1. The molecule has 4 rings (SSSR count). The topological polar surface area (TPSA) is 191 Å². The van der Waals surface area contributed by atoms with Gasteiger partial charge in [0.2, 0.25) is 11.8 Å². The number of carbonyl (C=O) groups is 4. The van der Waals surface area contributed by atoms with Crippen LogP contribution in [0.1, 0.15) is 57.7 Å². The van der Waals surface area contributed by atoms with Crippen molar-refractivity contribution >= 4 is 43.6 Å². The first-order valence-corrected chi connectivity index (χ1v) is 15.7. The average Bonchev–Trinajstić information content (AvgIpc) is 3.15. The van der Waals surface area contributed by atoms with Gasteiger partial charge in [0.25, 0.3) is 21.9 Å². The molecule has 2 aliphatic heterocycles. The van der Waals surface area contributed by atoms with Gasteiger partial charge in [0.05, 0.1) is 52.6 Å². The molecule has 2 N–H and O–H groups in total. The predicted molar refractivity (Wildman–Crippen MR) is 141 cm³/mol. The van der Waals surface area contributed by atoms with E-state index < -0.39 is 61.5 Å². The summed E-state index contributed by atoms with van der Waals surface area (Å²) in [5, 5.41) is 2.08. The Kier molecular flexibility index (Phi) is 8.75. The first kappa shape index (κ1) is 30.5. The van der Waals surface area contributed by atoms with Gasteiger partial charge in [-0.25, -0.2) is 8.42 Å². The summed E-state index contributed by atoms with van der Waals surface area (Å²) in [6.07, 6.45) is -0.850. The largest absolute Gasteiger partial charge is 0.378 e. The Morgan fingerprint density at radius 1 is 1.00 bits per heavy atom.